The highest BCUT2D eigenvalue weighted by molar-refractivity contribution is 5.38. The molecule has 3 nitrogen and oxygen atoms in total. The molecule has 0 aliphatic rings. The molecule has 3 heteroatoms. The maximum atomic E-state index is 10.6. The standard InChI is InChI=1S/C14H18N2O/c1-10-5-6-12(7-11(10)2)14(3,17)13-8-15-16(4)9-13/h5-9,17H,1-4H3. The molecule has 2 rings (SSSR count). The minimum absolute atomic E-state index is 0.809. The van der Waals surface area contributed by atoms with Gasteiger partial charge in [-0.15, -0.1) is 0 Å². The van der Waals surface area contributed by atoms with Gasteiger partial charge in [-0.2, -0.15) is 5.10 Å². The Balaban J connectivity index is 2.47. The van der Waals surface area contributed by atoms with Crippen LogP contribution < -0.4 is 0 Å². The number of benzene rings is 1. The van der Waals surface area contributed by atoms with Gasteiger partial charge >= 0.3 is 0 Å². The molecule has 0 saturated heterocycles. The van der Waals surface area contributed by atoms with Gasteiger partial charge in [0.05, 0.1) is 6.20 Å². The molecule has 90 valence electrons. The molecule has 0 spiro atoms. The predicted molar refractivity (Wildman–Crippen MR) is 67.8 cm³/mol. The third kappa shape index (κ3) is 2.11. The Kier molecular flexibility index (Phi) is 2.79. The number of aromatic nitrogens is 2. The molecule has 0 aliphatic heterocycles. The summed E-state index contributed by atoms with van der Waals surface area (Å²) >= 11 is 0. The fourth-order valence-corrected chi connectivity index (χ4v) is 1.88. The second-order valence-electron chi connectivity index (χ2n) is 4.77. The van der Waals surface area contributed by atoms with E-state index in [-0.39, 0.29) is 0 Å². The van der Waals surface area contributed by atoms with Gasteiger partial charge in [-0.1, -0.05) is 18.2 Å². The Morgan fingerprint density at radius 1 is 1.18 bits per heavy atom. The van der Waals surface area contributed by atoms with Crippen LogP contribution in [0.15, 0.2) is 30.6 Å². The van der Waals surface area contributed by atoms with E-state index in [1.807, 2.05) is 31.4 Å². The van der Waals surface area contributed by atoms with Crippen molar-refractivity contribution in [2.45, 2.75) is 26.4 Å². The highest BCUT2D eigenvalue weighted by Gasteiger charge is 2.27. The molecule has 0 saturated carbocycles. The first kappa shape index (κ1) is 11.9. The van der Waals surface area contributed by atoms with Crippen molar-refractivity contribution in [3.63, 3.8) is 0 Å². The maximum absolute atomic E-state index is 10.6. The molecule has 1 aromatic heterocycles. The Labute approximate surface area is 102 Å². The van der Waals surface area contributed by atoms with Crippen LogP contribution in [0.25, 0.3) is 0 Å². The van der Waals surface area contributed by atoms with E-state index in [0.717, 1.165) is 11.1 Å². The molecule has 1 unspecified atom stereocenters. The lowest BCUT2D eigenvalue weighted by Crippen LogP contribution is -2.22. The topological polar surface area (TPSA) is 38.1 Å². The van der Waals surface area contributed by atoms with Crippen molar-refractivity contribution in [2.75, 3.05) is 0 Å². The van der Waals surface area contributed by atoms with E-state index in [1.165, 1.54) is 11.1 Å². The monoisotopic (exact) mass is 230 g/mol. The smallest absolute Gasteiger partial charge is 0.115 e. The van der Waals surface area contributed by atoms with Crippen LogP contribution in [-0.2, 0) is 12.6 Å². The lowest BCUT2D eigenvalue weighted by molar-refractivity contribution is 0.102. The number of aryl methyl sites for hydroxylation is 3. The van der Waals surface area contributed by atoms with Gasteiger partial charge in [0.25, 0.3) is 0 Å². The van der Waals surface area contributed by atoms with Gasteiger partial charge in [0.2, 0.25) is 0 Å². The molecule has 1 aromatic carbocycles. The molecule has 1 atom stereocenters. The van der Waals surface area contributed by atoms with Gasteiger partial charge in [-0.3, -0.25) is 4.68 Å². The number of nitrogens with zero attached hydrogens (tertiary/aromatic N) is 2. The van der Waals surface area contributed by atoms with Gasteiger partial charge < -0.3 is 5.11 Å². The Hall–Kier alpha value is -1.61. The van der Waals surface area contributed by atoms with Crippen molar-refractivity contribution in [1.82, 2.24) is 9.78 Å². The van der Waals surface area contributed by atoms with Crippen LogP contribution in [0.1, 0.15) is 29.2 Å². The normalized spacial score (nSPS) is 14.6. The van der Waals surface area contributed by atoms with Crippen LogP contribution in [0.5, 0.6) is 0 Å². The zero-order chi connectivity index (χ0) is 12.6. The van der Waals surface area contributed by atoms with E-state index in [9.17, 15) is 5.11 Å². The van der Waals surface area contributed by atoms with Crippen LogP contribution in [0.3, 0.4) is 0 Å². The summed E-state index contributed by atoms with van der Waals surface area (Å²) in [5.41, 5.74) is 3.13. The summed E-state index contributed by atoms with van der Waals surface area (Å²) in [6.07, 6.45) is 3.55. The number of aliphatic hydroxyl groups is 1. The molecule has 1 N–H and O–H groups in total. The Bertz CT molecular complexity index is 541. The van der Waals surface area contributed by atoms with Crippen molar-refractivity contribution < 1.29 is 5.11 Å². The zero-order valence-electron chi connectivity index (χ0n) is 10.7. The van der Waals surface area contributed by atoms with E-state index in [0.29, 0.717) is 0 Å². The molecular weight excluding hydrogens is 212 g/mol. The summed E-state index contributed by atoms with van der Waals surface area (Å²) in [7, 11) is 1.85. The lowest BCUT2D eigenvalue weighted by Gasteiger charge is -2.23. The largest absolute Gasteiger partial charge is 0.381 e. The summed E-state index contributed by atoms with van der Waals surface area (Å²) in [4.78, 5) is 0. The minimum Gasteiger partial charge on any atom is -0.381 e. The molecule has 0 amide bonds. The van der Waals surface area contributed by atoms with Gasteiger partial charge in [-0.25, -0.2) is 0 Å². The predicted octanol–water partition coefficient (Wildman–Crippen LogP) is 2.29. The third-order valence-corrected chi connectivity index (χ3v) is 3.34. The minimum atomic E-state index is -0.993. The van der Waals surface area contributed by atoms with Crippen LogP contribution in [-0.4, -0.2) is 14.9 Å². The first-order chi connectivity index (χ1) is 7.91. The first-order valence-electron chi connectivity index (χ1n) is 5.70. The second-order valence-corrected chi connectivity index (χ2v) is 4.77. The maximum Gasteiger partial charge on any atom is 0.115 e. The summed E-state index contributed by atoms with van der Waals surface area (Å²) in [5, 5.41) is 14.7. The van der Waals surface area contributed by atoms with Gasteiger partial charge in [0.1, 0.15) is 5.60 Å². The molecular formula is C14H18N2O. The lowest BCUT2D eigenvalue weighted by atomic mass is 9.88. The molecule has 0 aliphatic carbocycles. The fourth-order valence-electron chi connectivity index (χ4n) is 1.88. The van der Waals surface area contributed by atoms with Gasteiger partial charge in [-0.05, 0) is 37.5 Å². The summed E-state index contributed by atoms with van der Waals surface area (Å²) in [5.74, 6) is 0. The van der Waals surface area contributed by atoms with Crippen LogP contribution in [0, 0.1) is 13.8 Å². The molecule has 2 aromatic rings. The van der Waals surface area contributed by atoms with Crippen LogP contribution in [0.2, 0.25) is 0 Å². The molecule has 1 heterocycles. The number of hydrogen-bond donors (Lipinski definition) is 1. The van der Waals surface area contributed by atoms with Gasteiger partial charge in [0.15, 0.2) is 0 Å². The molecule has 0 fully saturated rings. The average molecular weight is 230 g/mol. The van der Waals surface area contributed by atoms with E-state index < -0.39 is 5.60 Å². The number of rotatable bonds is 2. The first-order valence-corrected chi connectivity index (χ1v) is 5.70. The van der Waals surface area contributed by atoms with E-state index in [2.05, 4.69) is 18.9 Å². The van der Waals surface area contributed by atoms with Crippen LogP contribution in [0.4, 0.5) is 0 Å². The van der Waals surface area contributed by atoms with Crippen molar-refractivity contribution in [3.05, 3.63) is 52.8 Å². The SMILES string of the molecule is Cc1ccc(C(C)(O)c2cnn(C)c2)cc1C. The average Bonchev–Trinajstić information content (AvgIpc) is 2.69. The molecule has 0 radical (unpaired) electrons. The fraction of sp³-hybridized carbons (Fsp3) is 0.357. The van der Waals surface area contributed by atoms with E-state index in [4.69, 9.17) is 0 Å². The Morgan fingerprint density at radius 2 is 1.88 bits per heavy atom. The van der Waals surface area contributed by atoms with E-state index >= 15 is 0 Å². The summed E-state index contributed by atoms with van der Waals surface area (Å²) < 4.78 is 1.70. The van der Waals surface area contributed by atoms with Gasteiger partial charge in [0, 0.05) is 18.8 Å². The summed E-state index contributed by atoms with van der Waals surface area (Å²) in [6.45, 7) is 5.92. The summed E-state index contributed by atoms with van der Waals surface area (Å²) in [6, 6.07) is 6.03. The number of hydrogen-bond acceptors (Lipinski definition) is 2. The highest BCUT2D eigenvalue weighted by atomic mass is 16.3. The second kappa shape index (κ2) is 4.00. The highest BCUT2D eigenvalue weighted by Crippen LogP contribution is 2.29. The van der Waals surface area contributed by atoms with E-state index in [1.54, 1.807) is 17.8 Å². The quantitative estimate of drug-likeness (QED) is 0.859. The molecule has 0 bridgehead atoms. The third-order valence-electron chi connectivity index (χ3n) is 3.34. The van der Waals surface area contributed by atoms with Crippen LogP contribution >= 0.6 is 0 Å². The van der Waals surface area contributed by atoms with Crippen molar-refractivity contribution in [1.29, 1.82) is 0 Å². The van der Waals surface area contributed by atoms with Crippen molar-refractivity contribution >= 4 is 0 Å². The Morgan fingerprint density at radius 3 is 2.41 bits per heavy atom. The van der Waals surface area contributed by atoms with Crippen molar-refractivity contribution in [2.24, 2.45) is 7.05 Å². The zero-order valence-corrected chi connectivity index (χ0v) is 10.7. The van der Waals surface area contributed by atoms with Crippen molar-refractivity contribution in [3.8, 4) is 0 Å². The molecule has 17 heavy (non-hydrogen) atoms.